The summed E-state index contributed by atoms with van der Waals surface area (Å²) in [4.78, 5) is 0. The smallest absolute Gasteiger partial charge is 0.0200 e. The third-order valence-electron chi connectivity index (χ3n) is 3.75. The van der Waals surface area contributed by atoms with E-state index in [0.29, 0.717) is 0 Å². The van der Waals surface area contributed by atoms with E-state index in [1.54, 1.807) is 11.1 Å². The van der Waals surface area contributed by atoms with E-state index in [0.717, 1.165) is 5.92 Å². The van der Waals surface area contributed by atoms with Crippen LogP contribution in [0.4, 0.5) is 0 Å². The summed E-state index contributed by atoms with van der Waals surface area (Å²) < 4.78 is 0. The van der Waals surface area contributed by atoms with E-state index in [1.165, 1.54) is 51.4 Å². The second-order valence-corrected chi connectivity index (χ2v) is 4.73. The van der Waals surface area contributed by atoms with Crippen molar-refractivity contribution in [1.29, 1.82) is 0 Å². The van der Waals surface area contributed by atoms with Crippen LogP contribution in [0.3, 0.4) is 0 Å². The van der Waals surface area contributed by atoms with Gasteiger partial charge in [0.2, 0.25) is 0 Å². The third-order valence-corrected chi connectivity index (χ3v) is 3.75. The molecule has 1 saturated carbocycles. The van der Waals surface area contributed by atoms with E-state index in [-0.39, 0.29) is 0 Å². The molecular formula is C14H22. The lowest BCUT2D eigenvalue weighted by atomic mass is 9.79. The Kier molecular flexibility index (Phi) is 3.44. The molecule has 0 N–H and O–H groups in total. The molecule has 14 heavy (non-hydrogen) atoms. The van der Waals surface area contributed by atoms with E-state index in [4.69, 9.17) is 0 Å². The fourth-order valence-corrected chi connectivity index (χ4v) is 2.84. The Balaban J connectivity index is 2.02. The van der Waals surface area contributed by atoms with Crippen molar-refractivity contribution in [3.05, 3.63) is 23.3 Å². The van der Waals surface area contributed by atoms with Gasteiger partial charge in [-0.05, 0) is 38.0 Å². The number of hydrogen-bond donors (Lipinski definition) is 0. The third kappa shape index (κ3) is 2.29. The summed E-state index contributed by atoms with van der Waals surface area (Å²) in [7, 11) is 0. The van der Waals surface area contributed by atoms with Crippen LogP contribution in [0.2, 0.25) is 0 Å². The molecule has 0 nitrogen and oxygen atoms in total. The van der Waals surface area contributed by atoms with E-state index in [9.17, 15) is 0 Å². The number of allylic oxidation sites excluding steroid dienone is 4. The van der Waals surface area contributed by atoms with Crippen molar-refractivity contribution in [2.75, 3.05) is 0 Å². The Morgan fingerprint density at radius 2 is 2.00 bits per heavy atom. The molecular weight excluding hydrogens is 168 g/mol. The summed E-state index contributed by atoms with van der Waals surface area (Å²) in [6.45, 7) is 2.27. The van der Waals surface area contributed by atoms with Gasteiger partial charge in [0, 0.05) is 0 Å². The van der Waals surface area contributed by atoms with Crippen molar-refractivity contribution in [2.24, 2.45) is 5.92 Å². The average Bonchev–Trinajstić information content (AvgIpc) is 2.30. The molecule has 0 atom stereocenters. The topological polar surface area (TPSA) is 0 Å². The van der Waals surface area contributed by atoms with Gasteiger partial charge in [-0.3, -0.25) is 0 Å². The van der Waals surface area contributed by atoms with Gasteiger partial charge < -0.3 is 0 Å². The van der Waals surface area contributed by atoms with Crippen molar-refractivity contribution < 1.29 is 0 Å². The molecule has 2 rings (SSSR count). The quantitative estimate of drug-likeness (QED) is 0.596. The Hall–Kier alpha value is -0.520. The van der Waals surface area contributed by atoms with Crippen molar-refractivity contribution in [1.82, 2.24) is 0 Å². The van der Waals surface area contributed by atoms with E-state index in [2.05, 4.69) is 19.1 Å². The molecule has 0 saturated heterocycles. The van der Waals surface area contributed by atoms with Crippen LogP contribution in [-0.4, -0.2) is 0 Å². The van der Waals surface area contributed by atoms with Crippen LogP contribution in [-0.2, 0) is 0 Å². The van der Waals surface area contributed by atoms with Gasteiger partial charge in [0.05, 0.1) is 0 Å². The van der Waals surface area contributed by atoms with Crippen LogP contribution < -0.4 is 0 Å². The van der Waals surface area contributed by atoms with Gasteiger partial charge in [-0.25, -0.2) is 0 Å². The minimum Gasteiger partial charge on any atom is -0.0810 e. The SMILES string of the molecule is CCC1=CCCC(C2CCCCC2)=C1. The first-order chi connectivity index (χ1) is 6.90. The molecule has 0 aromatic heterocycles. The van der Waals surface area contributed by atoms with Crippen LogP contribution in [0.25, 0.3) is 0 Å². The Bertz CT molecular complexity index is 239. The van der Waals surface area contributed by atoms with Gasteiger partial charge in [-0.15, -0.1) is 0 Å². The standard InChI is InChI=1S/C14H22/c1-2-12-7-6-10-14(11-12)13-8-4-3-5-9-13/h7,11,13H,2-6,8-10H2,1H3. The van der Waals surface area contributed by atoms with E-state index >= 15 is 0 Å². The fraction of sp³-hybridized carbons (Fsp3) is 0.714. The van der Waals surface area contributed by atoms with Gasteiger partial charge >= 0.3 is 0 Å². The summed E-state index contributed by atoms with van der Waals surface area (Å²) in [5, 5.41) is 0. The normalized spacial score (nSPS) is 24.4. The molecule has 0 radical (unpaired) electrons. The Morgan fingerprint density at radius 3 is 2.71 bits per heavy atom. The monoisotopic (exact) mass is 190 g/mol. The molecule has 0 amide bonds. The highest BCUT2D eigenvalue weighted by molar-refractivity contribution is 5.29. The predicted molar refractivity (Wildman–Crippen MR) is 62.3 cm³/mol. The largest absolute Gasteiger partial charge is 0.0810 e. The van der Waals surface area contributed by atoms with Gasteiger partial charge in [0.25, 0.3) is 0 Å². The summed E-state index contributed by atoms with van der Waals surface area (Å²) in [6, 6.07) is 0. The van der Waals surface area contributed by atoms with Crippen LogP contribution in [0.15, 0.2) is 23.3 Å². The number of rotatable bonds is 2. The van der Waals surface area contributed by atoms with Gasteiger partial charge in [-0.1, -0.05) is 49.5 Å². The Morgan fingerprint density at radius 1 is 1.21 bits per heavy atom. The predicted octanol–water partition coefficient (Wildman–Crippen LogP) is 4.62. The summed E-state index contributed by atoms with van der Waals surface area (Å²) >= 11 is 0. The highest BCUT2D eigenvalue weighted by Crippen LogP contribution is 2.34. The maximum absolute atomic E-state index is 2.50. The summed E-state index contributed by atoms with van der Waals surface area (Å²) in [5.41, 5.74) is 3.35. The highest BCUT2D eigenvalue weighted by Gasteiger charge is 2.18. The van der Waals surface area contributed by atoms with Gasteiger partial charge in [0.1, 0.15) is 0 Å². The minimum absolute atomic E-state index is 0.944. The van der Waals surface area contributed by atoms with E-state index < -0.39 is 0 Å². The zero-order valence-corrected chi connectivity index (χ0v) is 9.39. The maximum Gasteiger partial charge on any atom is -0.0200 e. The molecule has 0 aliphatic heterocycles. The van der Waals surface area contributed by atoms with Crippen molar-refractivity contribution in [3.8, 4) is 0 Å². The first kappa shape index (κ1) is 10.0. The first-order valence-corrected chi connectivity index (χ1v) is 6.29. The molecule has 78 valence electrons. The second kappa shape index (κ2) is 4.82. The van der Waals surface area contributed by atoms with Gasteiger partial charge in [-0.2, -0.15) is 0 Å². The average molecular weight is 190 g/mol. The summed E-state index contributed by atoms with van der Waals surface area (Å²) in [5.74, 6) is 0.944. The lowest BCUT2D eigenvalue weighted by Gasteiger charge is -2.26. The van der Waals surface area contributed by atoms with Gasteiger partial charge in [0.15, 0.2) is 0 Å². The second-order valence-electron chi connectivity index (χ2n) is 4.73. The zero-order chi connectivity index (χ0) is 9.80. The summed E-state index contributed by atoms with van der Waals surface area (Å²) in [6.07, 6.45) is 16.1. The van der Waals surface area contributed by atoms with Crippen molar-refractivity contribution in [2.45, 2.75) is 58.3 Å². The Labute approximate surface area is 88.1 Å². The molecule has 1 fully saturated rings. The molecule has 0 aromatic rings. The molecule has 2 aliphatic carbocycles. The van der Waals surface area contributed by atoms with Crippen LogP contribution in [0.1, 0.15) is 58.3 Å². The van der Waals surface area contributed by atoms with Crippen molar-refractivity contribution >= 4 is 0 Å². The molecule has 0 heteroatoms. The molecule has 0 spiro atoms. The lowest BCUT2D eigenvalue weighted by molar-refractivity contribution is 0.394. The van der Waals surface area contributed by atoms with E-state index in [1.807, 2.05) is 0 Å². The molecule has 0 unspecified atom stereocenters. The molecule has 0 bridgehead atoms. The minimum atomic E-state index is 0.944. The van der Waals surface area contributed by atoms with Crippen LogP contribution in [0, 0.1) is 5.92 Å². The van der Waals surface area contributed by atoms with Crippen LogP contribution >= 0.6 is 0 Å². The fourth-order valence-electron chi connectivity index (χ4n) is 2.84. The number of hydrogen-bond acceptors (Lipinski definition) is 0. The van der Waals surface area contributed by atoms with Crippen molar-refractivity contribution in [3.63, 3.8) is 0 Å². The maximum atomic E-state index is 2.50. The first-order valence-electron chi connectivity index (χ1n) is 6.29. The van der Waals surface area contributed by atoms with Crippen LogP contribution in [0.5, 0.6) is 0 Å². The highest BCUT2D eigenvalue weighted by atomic mass is 14.2. The zero-order valence-electron chi connectivity index (χ0n) is 9.39. The lowest BCUT2D eigenvalue weighted by Crippen LogP contribution is -2.10. The molecule has 0 heterocycles. The molecule has 2 aliphatic rings. The molecule has 0 aromatic carbocycles.